The van der Waals surface area contributed by atoms with Crippen molar-refractivity contribution >= 4 is 15.7 Å². The zero-order valence-electron chi connectivity index (χ0n) is 16.1. The van der Waals surface area contributed by atoms with Crippen molar-refractivity contribution in [1.82, 2.24) is 15.1 Å². The van der Waals surface area contributed by atoms with Gasteiger partial charge in [-0.25, -0.2) is 8.42 Å². The van der Waals surface area contributed by atoms with Crippen LogP contribution in [0.2, 0.25) is 0 Å². The molecule has 7 heteroatoms. The molecular formula is C21H23N3O3S. The molecule has 0 bridgehead atoms. The molecule has 6 nitrogen and oxygen atoms in total. The lowest BCUT2D eigenvalue weighted by molar-refractivity contribution is 0.0950. The molecule has 28 heavy (non-hydrogen) atoms. The SMILES string of the molecule is Cc1nn(Cc2ccccc2)c(C)c1CNC(=O)c1ccc(S(C)(=O)=O)cc1. The third-order valence-corrected chi connectivity index (χ3v) is 5.81. The minimum Gasteiger partial charge on any atom is -0.348 e. The summed E-state index contributed by atoms with van der Waals surface area (Å²) in [6, 6.07) is 16.0. The smallest absolute Gasteiger partial charge is 0.251 e. The Hall–Kier alpha value is -2.93. The Morgan fingerprint density at radius 2 is 1.68 bits per heavy atom. The van der Waals surface area contributed by atoms with Gasteiger partial charge in [0, 0.05) is 29.6 Å². The summed E-state index contributed by atoms with van der Waals surface area (Å²) in [7, 11) is -3.28. The first-order valence-electron chi connectivity index (χ1n) is 8.91. The van der Waals surface area contributed by atoms with Gasteiger partial charge in [-0.1, -0.05) is 30.3 Å². The van der Waals surface area contributed by atoms with Gasteiger partial charge in [0.1, 0.15) is 0 Å². The van der Waals surface area contributed by atoms with Crippen molar-refractivity contribution in [2.75, 3.05) is 6.26 Å². The summed E-state index contributed by atoms with van der Waals surface area (Å²) in [6.45, 7) is 4.95. The molecule has 0 spiro atoms. The van der Waals surface area contributed by atoms with Crippen molar-refractivity contribution in [2.24, 2.45) is 0 Å². The van der Waals surface area contributed by atoms with E-state index >= 15 is 0 Å². The fraction of sp³-hybridized carbons (Fsp3) is 0.238. The van der Waals surface area contributed by atoms with Crippen LogP contribution < -0.4 is 5.32 Å². The van der Waals surface area contributed by atoms with Crippen LogP contribution in [0.3, 0.4) is 0 Å². The fourth-order valence-electron chi connectivity index (χ4n) is 3.02. The van der Waals surface area contributed by atoms with Crippen LogP contribution in [0.1, 0.15) is 32.9 Å². The van der Waals surface area contributed by atoms with Crippen LogP contribution in [-0.2, 0) is 22.9 Å². The van der Waals surface area contributed by atoms with Gasteiger partial charge >= 0.3 is 0 Å². The third-order valence-electron chi connectivity index (χ3n) is 4.68. The lowest BCUT2D eigenvalue weighted by Gasteiger charge is -2.08. The molecule has 0 aliphatic carbocycles. The highest BCUT2D eigenvalue weighted by Gasteiger charge is 2.14. The molecular weight excluding hydrogens is 374 g/mol. The fourth-order valence-corrected chi connectivity index (χ4v) is 3.65. The molecule has 0 aliphatic heterocycles. The van der Waals surface area contributed by atoms with Gasteiger partial charge in [0.2, 0.25) is 0 Å². The van der Waals surface area contributed by atoms with Crippen molar-refractivity contribution in [2.45, 2.75) is 31.8 Å². The largest absolute Gasteiger partial charge is 0.348 e. The van der Waals surface area contributed by atoms with Crippen molar-refractivity contribution in [3.8, 4) is 0 Å². The second-order valence-electron chi connectivity index (χ2n) is 6.77. The Morgan fingerprint density at radius 3 is 2.29 bits per heavy atom. The van der Waals surface area contributed by atoms with Crippen LogP contribution in [0.15, 0.2) is 59.5 Å². The maximum Gasteiger partial charge on any atom is 0.251 e. The van der Waals surface area contributed by atoms with Gasteiger partial charge in [-0.15, -0.1) is 0 Å². The van der Waals surface area contributed by atoms with E-state index in [1.807, 2.05) is 36.7 Å². The number of amides is 1. The van der Waals surface area contributed by atoms with Crippen LogP contribution >= 0.6 is 0 Å². The number of hydrogen-bond donors (Lipinski definition) is 1. The predicted molar refractivity (Wildman–Crippen MR) is 108 cm³/mol. The van der Waals surface area contributed by atoms with E-state index in [0.29, 0.717) is 18.7 Å². The van der Waals surface area contributed by atoms with Gasteiger partial charge in [-0.3, -0.25) is 9.48 Å². The summed E-state index contributed by atoms with van der Waals surface area (Å²) in [4.78, 5) is 12.6. The van der Waals surface area contributed by atoms with Crippen LogP contribution in [0, 0.1) is 13.8 Å². The molecule has 1 aromatic heterocycles. The van der Waals surface area contributed by atoms with Crippen molar-refractivity contribution in [1.29, 1.82) is 0 Å². The highest BCUT2D eigenvalue weighted by molar-refractivity contribution is 7.90. The molecule has 0 saturated heterocycles. The molecule has 146 valence electrons. The molecule has 0 unspecified atom stereocenters. The number of nitrogens with zero attached hydrogens (tertiary/aromatic N) is 2. The summed E-state index contributed by atoms with van der Waals surface area (Å²) in [5, 5.41) is 7.48. The Bertz CT molecular complexity index is 1090. The monoisotopic (exact) mass is 397 g/mol. The topological polar surface area (TPSA) is 81.1 Å². The molecule has 0 aliphatic rings. The highest BCUT2D eigenvalue weighted by atomic mass is 32.2. The molecule has 1 N–H and O–H groups in total. The minimum absolute atomic E-state index is 0.193. The maximum absolute atomic E-state index is 12.4. The second-order valence-corrected chi connectivity index (χ2v) is 8.79. The van der Waals surface area contributed by atoms with E-state index in [9.17, 15) is 13.2 Å². The van der Waals surface area contributed by atoms with Crippen LogP contribution in [0.4, 0.5) is 0 Å². The zero-order valence-corrected chi connectivity index (χ0v) is 17.0. The number of rotatable bonds is 6. The number of hydrogen-bond acceptors (Lipinski definition) is 4. The number of carbonyl (C=O) groups is 1. The van der Waals surface area contributed by atoms with Gasteiger partial charge in [-0.2, -0.15) is 5.10 Å². The first-order valence-corrected chi connectivity index (χ1v) is 10.8. The second kappa shape index (κ2) is 7.98. The molecule has 2 aromatic carbocycles. The number of sulfone groups is 1. The number of nitrogens with one attached hydrogen (secondary N) is 1. The molecule has 1 heterocycles. The van der Waals surface area contributed by atoms with E-state index in [-0.39, 0.29) is 10.8 Å². The van der Waals surface area contributed by atoms with Crippen molar-refractivity contribution in [3.63, 3.8) is 0 Å². The molecule has 1 amide bonds. The third kappa shape index (κ3) is 4.48. The maximum atomic E-state index is 12.4. The number of aryl methyl sites for hydroxylation is 1. The normalized spacial score (nSPS) is 11.4. The molecule has 3 rings (SSSR count). The molecule has 3 aromatic rings. The Labute approximate surface area is 165 Å². The summed E-state index contributed by atoms with van der Waals surface area (Å²) < 4.78 is 25.0. The van der Waals surface area contributed by atoms with Crippen molar-refractivity contribution in [3.05, 3.63) is 82.7 Å². The van der Waals surface area contributed by atoms with Crippen LogP contribution in [0.25, 0.3) is 0 Å². The van der Waals surface area contributed by atoms with Gasteiger partial charge in [-0.05, 0) is 43.7 Å². The summed E-state index contributed by atoms with van der Waals surface area (Å²) >= 11 is 0. The quantitative estimate of drug-likeness (QED) is 0.693. The lowest BCUT2D eigenvalue weighted by atomic mass is 10.1. The lowest BCUT2D eigenvalue weighted by Crippen LogP contribution is -2.23. The molecule has 0 radical (unpaired) electrons. The molecule has 0 saturated carbocycles. The van der Waals surface area contributed by atoms with Gasteiger partial charge < -0.3 is 5.32 Å². The zero-order chi connectivity index (χ0) is 20.3. The van der Waals surface area contributed by atoms with E-state index in [1.165, 1.54) is 24.3 Å². The van der Waals surface area contributed by atoms with Crippen molar-refractivity contribution < 1.29 is 13.2 Å². The van der Waals surface area contributed by atoms with Gasteiger partial charge in [0.25, 0.3) is 5.91 Å². The number of carbonyl (C=O) groups excluding carboxylic acids is 1. The average molecular weight is 398 g/mol. The van der Waals surface area contributed by atoms with E-state index < -0.39 is 9.84 Å². The Kier molecular flexibility index (Phi) is 5.65. The minimum atomic E-state index is -3.28. The van der Waals surface area contributed by atoms with E-state index in [4.69, 9.17) is 0 Å². The predicted octanol–water partition coefficient (Wildman–Crippen LogP) is 2.88. The van der Waals surface area contributed by atoms with Crippen LogP contribution in [0.5, 0.6) is 0 Å². The average Bonchev–Trinajstić information content (AvgIpc) is 2.93. The summed E-state index contributed by atoms with van der Waals surface area (Å²) in [5.41, 5.74) is 4.45. The van der Waals surface area contributed by atoms with Gasteiger partial charge in [0.15, 0.2) is 9.84 Å². The standard InChI is InChI=1S/C21H23N3O3S/c1-15-20(16(2)24(23-15)14-17-7-5-4-6-8-17)13-22-21(25)18-9-11-19(12-10-18)28(3,26)27/h4-12H,13-14H2,1-3H3,(H,22,25). The van der Waals surface area contributed by atoms with Crippen LogP contribution in [-0.4, -0.2) is 30.4 Å². The number of aromatic nitrogens is 2. The van der Waals surface area contributed by atoms with E-state index in [1.54, 1.807) is 0 Å². The van der Waals surface area contributed by atoms with E-state index in [2.05, 4.69) is 22.5 Å². The number of benzene rings is 2. The first-order chi connectivity index (χ1) is 13.3. The first kappa shape index (κ1) is 19.8. The summed E-state index contributed by atoms with van der Waals surface area (Å²) in [6.07, 6.45) is 1.14. The molecule has 0 atom stereocenters. The highest BCUT2D eigenvalue weighted by Crippen LogP contribution is 2.15. The Balaban J connectivity index is 1.70. The molecule has 0 fully saturated rings. The van der Waals surface area contributed by atoms with E-state index in [0.717, 1.165) is 28.8 Å². The Morgan fingerprint density at radius 1 is 1.04 bits per heavy atom. The summed E-state index contributed by atoms with van der Waals surface area (Å²) in [5.74, 6) is -0.255. The van der Waals surface area contributed by atoms with Gasteiger partial charge in [0.05, 0.1) is 17.1 Å².